The fourth-order valence-corrected chi connectivity index (χ4v) is 0.862. The highest BCUT2D eigenvalue weighted by atomic mass is 16.2. The molecule has 2 nitrogen and oxygen atoms in total. The van der Waals surface area contributed by atoms with Gasteiger partial charge >= 0.3 is 0 Å². The third kappa shape index (κ3) is 3.76. The monoisotopic (exact) mass is 165 g/mol. The molecular weight excluding hydrogens is 150 g/mol. The van der Waals surface area contributed by atoms with Gasteiger partial charge in [0.25, 0.3) is 0 Å². The van der Waals surface area contributed by atoms with E-state index in [1.165, 1.54) is 0 Å². The quantitative estimate of drug-likeness (QED) is 0.574. The van der Waals surface area contributed by atoms with Crippen LogP contribution in [0.1, 0.15) is 12.8 Å². The molecule has 0 spiro atoms. The highest BCUT2D eigenvalue weighted by Gasteiger charge is 2.15. The van der Waals surface area contributed by atoms with Gasteiger partial charge in [-0.1, -0.05) is 31.9 Å². The van der Waals surface area contributed by atoms with Crippen LogP contribution in [0.15, 0.2) is 38.1 Å². The van der Waals surface area contributed by atoms with E-state index in [4.69, 9.17) is 0 Å². The first-order chi connectivity index (χ1) is 5.76. The number of hydrogen-bond acceptors (Lipinski definition) is 1. The van der Waals surface area contributed by atoms with Crippen molar-refractivity contribution in [3.8, 4) is 0 Å². The Hall–Kier alpha value is -1.31. The Morgan fingerprint density at radius 2 is 1.83 bits per heavy atom. The zero-order chi connectivity index (χ0) is 9.40. The van der Waals surface area contributed by atoms with E-state index in [0.717, 1.165) is 13.0 Å². The van der Waals surface area contributed by atoms with Crippen LogP contribution >= 0.6 is 0 Å². The number of carbonyl (C=O) groups excluding carboxylic acids is 1. The number of allylic oxidation sites excluding steroid dienone is 2. The average Bonchev–Trinajstić information content (AvgIpc) is 2.51. The summed E-state index contributed by atoms with van der Waals surface area (Å²) in [6, 6.07) is 0. The van der Waals surface area contributed by atoms with Crippen molar-refractivity contribution in [2.24, 2.45) is 0 Å². The SMILES string of the molecule is C=CC=C.C=CN1CCCC1=O. The zero-order valence-electron chi connectivity index (χ0n) is 7.33. The van der Waals surface area contributed by atoms with Crippen molar-refractivity contribution in [1.29, 1.82) is 0 Å². The number of rotatable bonds is 2. The van der Waals surface area contributed by atoms with Gasteiger partial charge in [0.15, 0.2) is 0 Å². The minimum absolute atomic E-state index is 0.208. The first-order valence-corrected chi connectivity index (χ1v) is 3.91. The number of carbonyl (C=O) groups is 1. The molecule has 0 saturated carbocycles. The lowest BCUT2D eigenvalue weighted by Gasteiger charge is -2.05. The Balaban J connectivity index is 0.000000261. The fourth-order valence-electron chi connectivity index (χ4n) is 0.862. The second-order valence-electron chi connectivity index (χ2n) is 2.34. The average molecular weight is 165 g/mol. The second kappa shape index (κ2) is 6.40. The third-order valence-electron chi connectivity index (χ3n) is 1.50. The molecule has 2 heteroatoms. The smallest absolute Gasteiger partial charge is 0.226 e. The van der Waals surface area contributed by atoms with Crippen LogP contribution in [0.25, 0.3) is 0 Å². The van der Waals surface area contributed by atoms with Crippen molar-refractivity contribution in [3.05, 3.63) is 38.1 Å². The van der Waals surface area contributed by atoms with Gasteiger partial charge in [-0.3, -0.25) is 4.79 Å². The van der Waals surface area contributed by atoms with E-state index in [0.29, 0.717) is 6.42 Å². The largest absolute Gasteiger partial charge is 0.320 e. The van der Waals surface area contributed by atoms with Crippen molar-refractivity contribution in [1.82, 2.24) is 4.90 Å². The van der Waals surface area contributed by atoms with E-state index in [1.54, 1.807) is 23.3 Å². The normalized spacial score (nSPS) is 14.7. The van der Waals surface area contributed by atoms with Crippen LogP contribution in [0, 0.1) is 0 Å². The maximum atomic E-state index is 10.7. The summed E-state index contributed by atoms with van der Waals surface area (Å²) in [7, 11) is 0. The lowest BCUT2D eigenvalue weighted by atomic mass is 10.4. The van der Waals surface area contributed by atoms with Crippen molar-refractivity contribution >= 4 is 5.91 Å². The highest BCUT2D eigenvalue weighted by molar-refractivity contribution is 5.78. The summed E-state index contributed by atoms with van der Waals surface area (Å²) >= 11 is 0. The molecule has 12 heavy (non-hydrogen) atoms. The van der Waals surface area contributed by atoms with Gasteiger partial charge in [0, 0.05) is 13.0 Å². The molecule has 0 aromatic rings. The maximum Gasteiger partial charge on any atom is 0.226 e. The van der Waals surface area contributed by atoms with Gasteiger partial charge in [-0.2, -0.15) is 0 Å². The Morgan fingerprint density at radius 3 is 2.00 bits per heavy atom. The molecule has 0 N–H and O–H groups in total. The van der Waals surface area contributed by atoms with Crippen molar-refractivity contribution in [2.75, 3.05) is 6.54 Å². The van der Waals surface area contributed by atoms with Crippen LogP contribution < -0.4 is 0 Å². The summed E-state index contributed by atoms with van der Waals surface area (Å²) in [5.41, 5.74) is 0. The summed E-state index contributed by atoms with van der Waals surface area (Å²) in [5.74, 6) is 0.208. The van der Waals surface area contributed by atoms with Crippen LogP contribution in [-0.2, 0) is 4.79 Å². The first kappa shape index (κ1) is 10.7. The van der Waals surface area contributed by atoms with E-state index in [-0.39, 0.29) is 5.91 Å². The minimum Gasteiger partial charge on any atom is -0.320 e. The molecule has 1 heterocycles. The number of likely N-dealkylation sites (tertiary alicyclic amines) is 1. The van der Waals surface area contributed by atoms with Gasteiger partial charge in [-0.05, 0) is 12.6 Å². The molecule has 0 radical (unpaired) electrons. The van der Waals surface area contributed by atoms with E-state index < -0.39 is 0 Å². The second-order valence-corrected chi connectivity index (χ2v) is 2.34. The predicted octanol–water partition coefficient (Wildman–Crippen LogP) is 2.11. The molecule has 1 fully saturated rings. The Bertz CT molecular complexity index is 178. The van der Waals surface area contributed by atoms with Crippen LogP contribution in [0.5, 0.6) is 0 Å². The number of amides is 1. The first-order valence-electron chi connectivity index (χ1n) is 3.91. The van der Waals surface area contributed by atoms with Crippen molar-refractivity contribution in [2.45, 2.75) is 12.8 Å². The van der Waals surface area contributed by atoms with E-state index in [1.807, 2.05) is 0 Å². The van der Waals surface area contributed by atoms with Crippen LogP contribution in [0.4, 0.5) is 0 Å². The van der Waals surface area contributed by atoms with Crippen LogP contribution in [-0.4, -0.2) is 17.4 Å². The molecule has 0 unspecified atom stereocenters. The summed E-state index contributed by atoms with van der Waals surface area (Å²) in [4.78, 5) is 12.3. The summed E-state index contributed by atoms with van der Waals surface area (Å²) in [6.45, 7) is 11.1. The maximum absolute atomic E-state index is 10.7. The van der Waals surface area contributed by atoms with Gasteiger partial charge < -0.3 is 4.90 Å². The molecule has 0 aliphatic carbocycles. The Labute approximate surface area is 73.9 Å². The van der Waals surface area contributed by atoms with E-state index in [2.05, 4.69) is 19.7 Å². The van der Waals surface area contributed by atoms with Gasteiger partial charge in [-0.25, -0.2) is 0 Å². The van der Waals surface area contributed by atoms with Crippen LogP contribution in [0.3, 0.4) is 0 Å². The molecule has 0 aromatic heterocycles. The van der Waals surface area contributed by atoms with E-state index >= 15 is 0 Å². The molecular formula is C10H15NO. The van der Waals surface area contributed by atoms with Crippen molar-refractivity contribution in [3.63, 3.8) is 0 Å². The Kier molecular flexibility index (Phi) is 5.70. The highest BCUT2D eigenvalue weighted by Crippen LogP contribution is 2.08. The zero-order valence-corrected chi connectivity index (χ0v) is 7.33. The topological polar surface area (TPSA) is 20.3 Å². The summed E-state index contributed by atoms with van der Waals surface area (Å²) < 4.78 is 0. The predicted molar refractivity (Wildman–Crippen MR) is 51.5 cm³/mol. The summed E-state index contributed by atoms with van der Waals surface area (Å²) in [6.07, 6.45) is 6.56. The van der Waals surface area contributed by atoms with Gasteiger partial charge in [0.05, 0.1) is 0 Å². The van der Waals surface area contributed by atoms with Crippen LogP contribution in [0.2, 0.25) is 0 Å². The molecule has 1 rings (SSSR count). The molecule has 0 atom stereocenters. The number of hydrogen-bond donors (Lipinski definition) is 0. The number of nitrogens with zero attached hydrogens (tertiary/aromatic N) is 1. The standard InChI is InChI=1S/C6H9NO.C4H6/c1-2-7-5-3-4-6(7)8;1-3-4-2/h2H,1,3-5H2;3-4H,1-2H2. The third-order valence-corrected chi connectivity index (χ3v) is 1.50. The molecule has 1 aliphatic heterocycles. The van der Waals surface area contributed by atoms with Gasteiger partial charge in [0.2, 0.25) is 5.91 Å². The molecule has 0 bridgehead atoms. The van der Waals surface area contributed by atoms with Gasteiger partial charge in [-0.15, -0.1) is 0 Å². The minimum atomic E-state index is 0.208. The summed E-state index contributed by atoms with van der Waals surface area (Å²) in [5, 5.41) is 0. The molecule has 1 saturated heterocycles. The fraction of sp³-hybridized carbons (Fsp3) is 0.300. The molecule has 1 amide bonds. The van der Waals surface area contributed by atoms with Gasteiger partial charge in [0.1, 0.15) is 0 Å². The van der Waals surface area contributed by atoms with Crippen molar-refractivity contribution < 1.29 is 4.79 Å². The van der Waals surface area contributed by atoms with E-state index in [9.17, 15) is 4.79 Å². The lowest BCUT2D eigenvalue weighted by Crippen LogP contribution is -2.16. The molecule has 66 valence electrons. The Morgan fingerprint density at radius 1 is 1.25 bits per heavy atom. The lowest BCUT2D eigenvalue weighted by molar-refractivity contribution is -0.125. The molecule has 0 aromatic carbocycles. The molecule has 1 aliphatic rings.